The number of nitrogen functional groups attached to an aromatic ring is 1. The number of rotatable bonds is 2. The van der Waals surface area contributed by atoms with Crippen LogP contribution in [0.3, 0.4) is 0 Å². The minimum Gasteiger partial charge on any atom is -0.394 e. The van der Waals surface area contributed by atoms with Crippen molar-refractivity contribution in [2.45, 2.75) is 31.5 Å². The van der Waals surface area contributed by atoms with E-state index in [1.54, 1.807) is 6.92 Å². The maximum absolute atomic E-state index is 10.1. The number of aliphatic hydroxyl groups is 3. The molecule has 9 heteroatoms. The molecule has 22 heavy (non-hydrogen) atoms. The first-order valence-corrected chi connectivity index (χ1v) is 6.62. The summed E-state index contributed by atoms with van der Waals surface area (Å²) in [5.41, 5.74) is 6.51. The summed E-state index contributed by atoms with van der Waals surface area (Å²) in [5.74, 6) is 5.76. The molecule has 1 aliphatic heterocycles. The van der Waals surface area contributed by atoms with E-state index in [1.165, 1.54) is 10.9 Å². The fourth-order valence-corrected chi connectivity index (χ4v) is 2.40. The van der Waals surface area contributed by atoms with E-state index >= 15 is 0 Å². The van der Waals surface area contributed by atoms with Crippen LogP contribution in [0, 0.1) is 11.8 Å². The second kappa shape index (κ2) is 5.51. The van der Waals surface area contributed by atoms with Crippen LogP contribution in [0.2, 0.25) is 0 Å². The lowest BCUT2D eigenvalue weighted by Gasteiger charge is -2.16. The fraction of sp³-hybridized carbons (Fsp3) is 0.462. The van der Waals surface area contributed by atoms with Gasteiger partial charge in [0.25, 0.3) is 0 Å². The van der Waals surface area contributed by atoms with Gasteiger partial charge in [-0.05, 0) is 12.8 Å². The molecule has 0 saturated carbocycles. The number of nitrogens with two attached hydrogens (primary N) is 1. The minimum atomic E-state index is -1.23. The molecule has 0 aliphatic carbocycles. The van der Waals surface area contributed by atoms with E-state index < -0.39 is 31.1 Å². The van der Waals surface area contributed by atoms with Gasteiger partial charge < -0.3 is 25.8 Å². The Morgan fingerprint density at radius 3 is 2.77 bits per heavy atom. The Balaban J connectivity index is 2.09. The highest BCUT2D eigenvalue weighted by Gasteiger charge is 2.44. The molecule has 9 nitrogen and oxygen atoms in total. The van der Waals surface area contributed by atoms with Crippen molar-refractivity contribution in [2.75, 3.05) is 12.3 Å². The number of nitrogens with zero attached hydrogens (tertiary/aromatic N) is 4. The summed E-state index contributed by atoms with van der Waals surface area (Å²) in [4.78, 5) is 12.4. The van der Waals surface area contributed by atoms with Crippen LogP contribution in [0.1, 0.15) is 19.0 Å². The van der Waals surface area contributed by atoms with E-state index in [2.05, 4.69) is 26.8 Å². The zero-order chi connectivity index (χ0) is 15.9. The molecule has 3 heterocycles. The number of anilines is 1. The summed E-state index contributed by atoms with van der Waals surface area (Å²) < 4.78 is 6.91. The first-order chi connectivity index (χ1) is 10.6. The van der Waals surface area contributed by atoms with Crippen molar-refractivity contribution in [1.82, 2.24) is 19.5 Å². The quantitative estimate of drug-likeness (QED) is 0.486. The first kappa shape index (κ1) is 14.7. The SMILES string of the molecule is CC#Cc1nc(N)c2ncn(C3OC(CO)[C@@H](O)[C@H]3O)c2n1. The standard InChI is InChI=1S/C13H15N5O4/c1-2-3-7-16-11(14)8-12(17-7)18(5-15-8)13-10(21)9(20)6(4-19)22-13/h5-6,9-10,13,19-21H,4H2,1H3,(H2,14,16,17)/t6?,9-,10-,13?/m1/s1. The molecule has 0 radical (unpaired) electrons. The number of hydrogen-bond acceptors (Lipinski definition) is 8. The van der Waals surface area contributed by atoms with Crippen LogP contribution in [0.4, 0.5) is 5.82 Å². The van der Waals surface area contributed by atoms with Gasteiger partial charge in [-0.25, -0.2) is 15.0 Å². The zero-order valence-electron chi connectivity index (χ0n) is 11.7. The lowest BCUT2D eigenvalue weighted by atomic mass is 10.1. The number of hydrogen-bond donors (Lipinski definition) is 4. The third kappa shape index (κ3) is 2.18. The van der Waals surface area contributed by atoms with E-state index in [9.17, 15) is 10.2 Å². The summed E-state index contributed by atoms with van der Waals surface area (Å²) in [6.45, 7) is 1.23. The van der Waals surface area contributed by atoms with Crippen LogP contribution in [0.5, 0.6) is 0 Å². The van der Waals surface area contributed by atoms with Gasteiger partial charge in [0.15, 0.2) is 17.7 Å². The summed E-state index contributed by atoms with van der Waals surface area (Å²) in [6, 6.07) is 0. The van der Waals surface area contributed by atoms with E-state index in [1.807, 2.05) is 0 Å². The molecular weight excluding hydrogens is 290 g/mol. The maximum atomic E-state index is 10.1. The highest BCUT2D eigenvalue weighted by atomic mass is 16.6. The van der Waals surface area contributed by atoms with Crippen LogP contribution in [-0.2, 0) is 4.74 Å². The van der Waals surface area contributed by atoms with Crippen molar-refractivity contribution in [1.29, 1.82) is 0 Å². The lowest BCUT2D eigenvalue weighted by Crippen LogP contribution is -2.33. The Bertz CT molecular complexity index is 765. The second-order valence-corrected chi connectivity index (χ2v) is 4.86. The van der Waals surface area contributed by atoms with Crippen LogP contribution in [0.25, 0.3) is 11.2 Å². The fourth-order valence-electron chi connectivity index (χ4n) is 2.40. The topological polar surface area (TPSA) is 140 Å². The molecule has 116 valence electrons. The average Bonchev–Trinajstić information content (AvgIpc) is 3.03. The molecule has 0 aromatic carbocycles. The monoisotopic (exact) mass is 305 g/mol. The van der Waals surface area contributed by atoms with Gasteiger partial charge in [0.1, 0.15) is 23.8 Å². The maximum Gasteiger partial charge on any atom is 0.208 e. The van der Waals surface area contributed by atoms with E-state index in [-0.39, 0.29) is 11.6 Å². The molecule has 5 N–H and O–H groups in total. The highest BCUT2D eigenvalue weighted by Crippen LogP contribution is 2.31. The molecule has 3 rings (SSSR count). The molecule has 2 unspecified atom stereocenters. The van der Waals surface area contributed by atoms with Crippen molar-refractivity contribution < 1.29 is 20.1 Å². The number of ether oxygens (including phenoxy) is 1. The number of aromatic nitrogens is 4. The predicted molar refractivity (Wildman–Crippen MR) is 75.3 cm³/mol. The largest absolute Gasteiger partial charge is 0.394 e. The zero-order valence-corrected chi connectivity index (χ0v) is 11.7. The smallest absolute Gasteiger partial charge is 0.208 e. The summed E-state index contributed by atoms with van der Waals surface area (Å²) in [6.07, 6.45) is -2.87. The number of fused-ring (bicyclic) bond motifs is 1. The molecule has 0 spiro atoms. The van der Waals surface area contributed by atoms with Crippen LogP contribution < -0.4 is 5.73 Å². The number of imidazole rings is 1. The Labute approximate surface area is 125 Å². The van der Waals surface area contributed by atoms with Crippen molar-refractivity contribution in [3.05, 3.63) is 12.2 Å². The summed E-state index contributed by atoms with van der Waals surface area (Å²) >= 11 is 0. The van der Waals surface area contributed by atoms with Gasteiger partial charge in [0.2, 0.25) is 5.82 Å². The van der Waals surface area contributed by atoms with Crippen LogP contribution in [-0.4, -0.2) is 59.8 Å². The summed E-state index contributed by atoms with van der Waals surface area (Å²) in [5, 5.41) is 29.1. The van der Waals surface area contributed by atoms with Gasteiger partial charge in [0, 0.05) is 0 Å². The number of aliphatic hydroxyl groups excluding tert-OH is 3. The Morgan fingerprint density at radius 1 is 1.36 bits per heavy atom. The first-order valence-electron chi connectivity index (χ1n) is 6.62. The third-order valence-electron chi connectivity index (χ3n) is 3.48. The Kier molecular flexibility index (Phi) is 3.67. The average molecular weight is 305 g/mol. The molecule has 0 amide bonds. The molecule has 1 fully saturated rings. The van der Waals surface area contributed by atoms with E-state index in [0.717, 1.165) is 0 Å². The minimum absolute atomic E-state index is 0.160. The van der Waals surface area contributed by atoms with E-state index in [4.69, 9.17) is 15.6 Å². The summed E-state index contributed by atoms with van der Waals surface area (Å²) in [7, 11) is 0. The van der Waals surface area contributed by atoms with Crippen LogP contribution >= 0.6 is 0 Å². The van der Waals surface area contributed by atoms with Crippen molar-refractivity contribution in [2.24, 2.45) is 0 Å². The Morgan fingerprint density at radius 2 is 2.14 bits per heavy atom. The third-order valence-corrected chi connectivity index (χ3v) is 3.48. The highest BCUT2D eigenvalue weighted by molar-refractivity contribution is 5.82. The molecule has 2 aromatic heterocycles. The second-order valence-electron chi connectivity index (χ2n) is 4.86. The molecule has 1 aliphatic rings. The van der Waals surface area contributed by atoms with Crippen molar-refractivity contribution >= 4 is 17.0 Å². The normalized spacial score (nSPS) is 27.8. The predicted octanol–water partition coefficient (Wildman–Crippen LogP) is -1.61. The molecular formula is C13H15N5O4. The van der Waals surface area contributed by atoms with Gasteiger partial charge in [-0.2, -0.15) is 0 Å². The van der Waals surface area contributed by atoms with Crippen molar-refractivity contribution in [3.8, 4) is 11.8 Å². The van der Waals surface area contributed by atoms with Gasteiger partial charge in [0.05, 0.1) is 12.9 Å². The van der Waals surface area contributed by atoms with Gasteiger partial charge in [-0.1, -0.05) is 5.92 Å². The van der Waals surface area contributed by atoms with Gasteiger partial charge in [-0.3, -0.25) is 4.57 Å². The van der Waals surface area contributed by atoms with Crippen molar-refractivity contribution in [3.63, 3.8) is 0 Å². The Hall–Kier alpha value is -2.25. The molecule has 1 saturated heterocycles. The molecule has 0 bridgehead atoms. The van der Waals surface area contributed by atoms with E-state index in [0.29, 0.717) is 11.2 Å². The molecule has 4 atom stereocenters. The van der Waals surface area contributed by atoms with Gasteiger partial charge >= 0.3 is 0 Å². The van der Waals surface area contributed by atoms with Crippen LogP contribution in [0.15, 0.2) is 6.33 Å². The molecule has 2 aromatic rings. The lowest BCUT2D eigenvalue weighted by molar-refractivity contribution is -0.0511. The van der Waals surface area contributed by atoms with Gasteiger partial charge in [-0.15, -0.1) is 0 Å².